The van der Waals surface area contributed by atoms with Gasteiger partial charge in [0.2, 0.25) is 0 Å². The van der Waals surface area contributed by atoms with Gasteiger partial charge in [0.25, 0.3) is 0 Å². The van der Waals surface area contributed by atoms with E-state index in [4.69, 9.17) is 5.73 Å². The van der Waals surface area contributed by atoms with Crippen LogP contribution in [0, 0.1) is 6.92 Å². The molecule has 0 aliphatic heterocycles. The Morgan fingerprint density at radius 1 is 1.11 bits per heavy atom. The van der Waals surface area contributed by atoms with Crippen molar-refractivity contribution in [1.82, 2.24) is 0 Å². The van der Waals surface area contributed by atoms with Crippen LogP contribution >= 0.6 is 0 Å². The average molecular weight is 241 g/mol. The molecule has 0 saturated carbocycles. The Morgan fingerprint density at radius 2 is 1.83 bits per heavy atom. The van der Waals surface area contributed by atoms with E-state index in [0.717, 1.165) is 24.0 Å². The molecule has 2 nitrogen and oxygen atoms in total. The van der Waals surface area contributed by atoms with E-state index in [0.29, 0.717) is 5.75 Å². The lowest BCUT2D eigenvalue weighted by molar-refractivity contribution is 0.458. The third-order valence-electron chi connectivity index (χ3n) is 3.17. The topological polar surface area (TPSA) is 46.2 Å². The highest BCUT2D eigenvalue weighted by atomic mass is 16.3. The molecule has 2 aromatic rings. The summed E-state index contributed by atoms with van der Waals surface area (Å²) in [6, 6.07) is 15.7. The second-order valence-corrected chi connectivity index (χ2v) is 4.69. The molecule has 94 valence electrons. The number of phenols is 1. The quantitative estimate of drug-likeness (QED) is 0.862. The Bertz CT molecular complexity index is 508. The predicted octanol–water partition coefficient (Wildman–Crippen LogP) is 3.33. The predicted molar refractivity (Wildman–Crippen MR) is 74.5 cm³/mol. The van der Waals surface area contributed by atoms with Crippen molar-refractivity contribution >= 4 is 0 Å². The van der Waals surface area contributed by atoms with Gasteiger partial charge in [-0.1, -0.05) is 48.0 Å². The van der Waals surface area contributed by atoms with Crippen molar-refractivity contribution in [2.75, 3.05) is 0 Å². The summed E-state index contributed by atoms with van der Waals surface area (Å²) in [5.41, 5.74) is 9.39. The second-order valence-electron chi connectivity index (χ2n) is 4.69. The molecule has 2 aromatic carbocycles. The molecule has 1 unspecified atom stereocenters. The van der Waals surface area contributed by atoms with Crippen molar-refractivity contribution in [3.63, 3.8) is 0 Å². The third-order valence-corrected chi connectivity index (χ3v) is 3.17. The summed E-state index contributed by atoms with van der Waals surface area (Å²) in [6.07, 6.45) is 1.76. The van der Waals surface area contributed by atoms with Crippen molar-refractivity contribution < 1.29 is 5.11 Å². The van der Waals surface area contributed by atoms with Crippen LogP contribution in [0.4, 0.5) is 0 Å². The summed E-state index contributed by atoms with van der Waals surface area (Å²) < 4.78 is 0. The van der Waals surface area contributed by atoms with E-state index in [1.54, 1.807) is 6.07 Å². The molecule has 18 heavy (non-hydrogen) atoms. The molecule has 0 spiro atoms. The minimum absolute atomic E-state index is 0.120. The van der Waals surface area contributed by atoms with Gasteiger partial charge in [-0.3, -0.25) is 0 Å². The first-order valence-corrected chi connectivity index (χ1v) is 6.26. The normalized spacial score (nSPS) is 12.3. The Balaban J connectivity index is 2.03. The monoisotopic (exact) mass is 241 g/mol. The van der Waals surface area contributed by atoms with Crippen LogP contribution in [0.15, 0.2) is 48.5 Å². The lowest BCUT2D eigenvalue weighted by atomic mass is 9.98. The fourth-order valence-electron chi connectivity index (χ4n) is 2.09. The number of hydrogen-bond donors (Lipinski definition) is 2. The molecule has 2 rings (SSSR count). The van der Waals surface area contributed by atoms with Crippen molar-refractivity contribution in [2.45, 2.75) is 25.8 Å². The SMILES string of the molecule is Cc1ccc(O)c(C(N)CCc2ccccc2)c1. The molecule has 0 fully saturated rings. The maximum absolute atomic E-state index is 9.82. The van der Waals surface area contributed by atoms with Gasteiger partial charge >= 0.3 is 0 Å². The van der Waals surface area contributed by atoms with E-state index in [2.05, 4.69) is 12.1 Å². The molecule has 1 atom stereocenters. The second kappa shape index (κ2) is 5.69. The van der Waals surface area contributed by atoms with Crippen LogP contribution in [-0.4, -0.2) is 5.11 Å². The smallest absolute Gasteiger partial charge is 0.120 e. The van der Waals surface area contributed by atoms with Gasteiger partial charge in [0, 0.05) is 11.6 Å². The van der Waals surface area contributed by atoms with Crippen LogP contribution in [0.1, 0.15) is 29.2 Å². The molecule has 3 N–H and O–H groups in total. The van der Waals surface area contributed by atoms with Gasteiger partial charge in [-0.05, 0) is 31.4 Å². The lowest BCUT2D eigenvalue weighted by Gasteiger charge is -2.14. The van der Waals surface area contributed by atoms with Crippen molar-refractivity contribution in [2.24, 2.45) is 5.73 Å². The van der Waals surface area contributed by atoms with Gasteiger partial charge in [0.15, 0.2) is 0 Å². The summed E-state index contributed by atoms with van der Waals surface area (Å²) in [6.45, 7) is 2.01. The minimum atomic E-state index is -0.120. The Labute approximate surface area is 108 Å². The van der Waals surface area contributed by atoms with Gasteiger partial charge in [-0.15, -0.1) is 0 Å². The molecule has 0 saturated heterocycles. The first-order chi connectivity index (χ1) is 8.66. The fourth-order valence-corrected chi connectivity index (χ4v) is 2.09. The van der Waals surface area contributed by atoms with Crippen LogP contribution in [-0.2, 0) is 6.42 Å². The van der Waals surface area contributed by atoms with Crippen molar-refractivity contribution in [1.29, 1.82) is 0 Å². The Kier molecular flexibility index (Phi) is 4.00. The highest BCUT2D eigenvalue weighted by Gasteiger charge is 2.11. The van der Waals surface area contributed by atoms with Crippen LogP contribution in [0.5, 0.6) is 5.75 Å². The molecule has 2 heteroatoms. The zero-order chi connectivity index (χ0) is 13.0. The van der Waals surface area contributed by atoms with E-state index < -0.39 is 0 Å². The first kappa shape index (κ1) is 12.7. The summed E-state index contributed by atoms with van der Waals surface area (Å²) in [7, 11) is 0. The van der Waals surface area contributed by atoms with E-state index in [-0.39, 0.29) is 6.04 Å². The maximum atomic E-state index is 9.82. The number of phenolic OH excluding ortho intramolecular Hbond substituents is 1. The van der Waals surface area contributed by atoms with Gasteiger partial charge in [-0.2, -0.15) is 0 Å². The lowest BCUT2D eigenvalue weighted by Crippen LogP contribution is -2.11. The van der Waals surface area contributed by atoms with Crippen molar-refractivity contribution in [3.05, 3.63) is 65.2 Å². The van der Waals surface area contributed by atoms with E-state index in [1.807, 2.05) is 37.3 Å². The Hall–Kier alpha value is -1.80. The zero-order valence-electron chi connectivity index (χ0n) is 10.6. The molecule has 0 radical (unpaired) electrons. The zero-order valence-corrected chi connectivity index (χ0v) is 10.6. The third kappa shape index (κ3) is 3.11. The van der Waals surface area contributed by atoms with E-state index in [9.17, 15) is 5.11 Å². The largest absolute Gasteiger partial charge is 0.508 e. The Morgan fingerprint density at radius 3 is 2.56 bits per heavy atom. The molecule has 0 aliphatic rings. The fraction of sp³-hybridized carbons (Fsp3) is 0.250. The molecule has 0 heterocycles. The van der Waals surface area contributed by atoms with Gasteiger partial charge in [0.1, 0.15) is 5.75 Å². The molecule has 0 bridgehead atoms. The first-order valence-electron chi connectivity index (χ1n) is 6.26. The number of aryl methyl sites for hydroxylation is 2. The van der Waals surface area contributed by atoms with Crippen LogP contribution in [0.3, 0.4) is 0 Å². The highest BCUT2D eigenvalue weighted by molar-refractivity contribution is 5.37. The summed E-state index contributed by atoms with van der Waals surface area (Å²) in [5.74, 6) is 0.293. The van der Waals surface area contributed by atoms with Crippen LogP contribution < -0.4 is 5.73 Å². The maximum Gasteiger partial charge on any atom is 0.120 e. The van der Waals surface area contributed by atoms with Crippen LogP contribution in [0.2, 0.25) is 0 Å². The minimum Gasteiger partial charge on any atom is -0.508 e. The number of aromatic hydroxyl groups is 1. The number of rotatable bonds is 4. The summed E-state index contributed by atoms with van der Waals surface area (Å²) in [4.78, 5) is 0. The average Bonchev–Trinajstić information content (AvgIpc) is 2.40. The number of nitrogens with two attached hydrogens (primary N) is 1. The van der Waals surface area contributed by atoms with Gasteiger partial charge in [0.05, 0.1) is 0 Å². The van der Waals surface area contributed by atoms with Gasteiger partial charge in [-0.25, -0.2) is 0 Å². The van der Waals surface area contributed by atoms with Gasteiger partial charge < -0.3 is 10.8 Å². The molecule has 0 aliphatic carbocycles. The van der Waals surface area contributed by atoms with Crippen molar-refractivity contribution in [3.8, 4) is 5.75 Å². The van der Waals surface area contributed by atoms with Crippen LogP contribution in [0.25, 0.3) is 0 Å². The molecular weight excluding hydrogens is 222 g/mol. The summed E-state index contributed by atoms with van der Waals surface area (Å²) in [5, 5.41) is 9.82. The number of hydrogen-bond acceptors (Lipinski definition) is 2. The van der Waals surface area contributed by atoms with E-state index in [1.165, 1.54) is 5.56 Å². The molecular formula is C16H19NO. The van der Waals surface area contributed by atoms with E-state index >= 15 is 0 Å². The summed E-state index contributed by atoms with van der Waals surface area (Å²) >= 11 is 0. The molecule has 0 amide bonds. The standard InChI is InChI=1S/C16H19NO/c1-12-7-10-16(18)14(11-12)15(17)9-8-13-5-3-2-4-6-13/h2-7,10-11,15,18H,8-9,17H2,1H3. The number of benzene rings is 2. The highest BCUT2D eigenvalue weighted by Crippen LogP contribution is 2.26. The molecule has 0 aromatic heterocycles.